The highest BCUT2D eigenvalue weighted by Crippen LogP contribution is 2.35. The van der Waals surface area contributed by atoms with Crippen LogP contribution in [0.5, 0.6) is 0 Å². The largest absolute Gasteiger partial charge is 0.352 e. The van der Waals surface area contributed by atoms with E-state index in [4.69, 9.17) is 11.6 Å². The first-order valence-corrected chi connectivity index (χ1v) is 9.66. The molecule has 0 saturated heterocycles. The van der Waals surface area contributed by atoms with Gasteiger partial charge in [0.05, 0.1) is 0 Å². The van der Waals surface area contributed by atoms with Gasteiger partial charge in [-0.25, -0.2) is 0 Å². The predicted octanol–water partition coefficient (Wildman–Crippen LogP) is 5.97. The third-order valence-electron chi connectivity index (χ3n) is 5.28. The minimum absolute atomic E-state index is 0.0973. The topological polar surface area (TPSA) is 29.1 Å². The number of carbonyl (C=O) groups is 1. The summed E-state index contributed by atoms with van der Waals surface area (Å²) in [5.74, 6) is 1.12. The Kier molecular flexibility index (Phi) is 8.29. The van der Waals surface area contributed by atoms with Crippen molar-refractivity contribution in [1.82, 2.24) is 5.32 Å². The van der Waals surface area contributed by atoms with E-state index in [-0.39, 0.29) is 17.4 Å². The van der Waals surface area contributed by atoms with Crippen molar-refractivity contribution in [3.05, 3.63) is 34.9 Å². The lowest BCUT2D eigenvalue weighted by atomic mass is 9.71. The van der Waals surface area contributed by atoms with Gasteiger partial charge in [-0.15, -0.1) is 0 Å². The maximum Gasteiger partial charge on any atom is 0.220 e. The van der Waals surface area contributed by atoms with Crippen molar-refractivity contribution in [2.75, 3.05) is 0 Å². The highest BCUT2D eigenvalue weighted by atomic mass is 35.5. The summed E-state index contributed by atoms with van der Waals surface area (Å²) in [4.78, 5) is 12.5. The van der Waals surface area contributed by atoms with Crippen LogP contribution in [0.15, 0.2) is 24.3 Å². The zero-order chi connectivity index (χ0) is 18.3. The normalized spacial score (nSPS) is 16.5. The fourth-order valence-corrected chi connectivity index (χ4v) is 3.27. The Hall–Kier alpha value is -1.02. The number of hydrogen-bond acceptors (Lipinski definition) is 1. The van der Waals surface area contributed by atoms with Crippen LogP contribution >= 0.6 is 11.6 Å². The van der Waals surface area contributed by atoms with Gasteiger partial charge in [-0.2, -0.15) is 0 Å². The molecule has 0 bridgehead atoms. The minimum Gasteiger partial charge on any atom is -0.352 e. The maximum atomic E-state index is 12.5. The molecule has 0 aliphatic heterocycles. The van der Waals surface area contributed by atoms with Gasteiger partial charge in [0, 0.05) is 22.9 Å². The van der Waals surface area contributed by atoms with Crippen molar-refractivity contribution >= 4 is 17.5 Å². The average Bonchev–Trinajstić information content (AvgIpc) is 2.53. The van der Waals surface area contributed by atoms with E-state index in [2.05, 4.69) is 59.0 Å². The van der Waals surface area contributed by atoms with Gasteiger partial charge in [-0.05, 0) is 42.4 Å². The van der Waals surface area contributed by atoms with Crippen LogP contribution < -0.4 is 5.32 Å². The standard InChI is InChI=1S/C21H34ClNO/c1-7-16(5)14-20(24)23-19(13-15(3)4)21(6,8-2)17-9-11-18(22)12-10-17/h9-12,15-16,19H,7-8,13-14H2,1-6H3,(H,23,24). The summed E-state index contributed by atoms with van der Waals surface area (Å²) < 4.78 is 0. The summed E-state index contributed by atoms with van der Waals surface area (Å²) in [5.41, 5.74) is 1.14. The lowest BCUT2D eigenvalue weighted by molar-refractivity contribution is -0.123. The van der Waals surface area contributed by atoms with Gasteiger partial charge in [0.15, 0.2) is 0 Å². The van der Waals surface area contributed by atoms with Crippen LogP contribution in [-0.4, -0.2) is 11.9 Å². The van der Waals surface area contributed by atoms with Gasteiger partial charge in [-0.1, -0.05) is 71.7 Å². The molecule has 1 amide bonds. The monoisotopic (exact) mass is 351 g/mol. The van der Waals surface area contributed by atoms with Gasteiger partial charge in [0.25, 0.3) is 0 Å². The minimum atomic E-state index is -0.0973. The van der Waals surface area contributed by atoms with E-state index in [1.54, 1.807) is 0 Å². The molecule has 1 aromatic carbocycles. The first kappa shape index (κ1) is 21.0. The number of amides is 1. The number of halogens is 1. The Morgan fingerprint density at radius 3 is 2.21 bits per heavy atom. The quantitative estimate of drug-likeness (QED) is 0.583. The molecule has 0 heterocycles. The second kappa shape index (κ2) is 9.46. The first-order valence-electron chi connectivity index (χ1n) is 9.28. The van der Waals surface area contributed by atoms with Crippen LogP contribution in [-0.2, 0) is 10.2 Å². The lowest BCUT2D eigenvalue weighted by Gasteiger charge is -2.39. The molecular weight excluding hydrogens is 318 g/mol. The number of hydrogen-bond donors (Lipinski definition) is 1. The summed E-state index contributed by atoms with van der Waals surface area (Å²) in [7, 11) is 0. The molecule has 24 heavy (non-hydrogen) atoms. The van der Waals surface area contributed by atoms with Gasteiger partial charge in [-0.3, -0.25) is 4.79 Å². The second-order valence-electron chi connectivity index (χ2n) is 7.75. The van der Waals surface area contributed by atoms with Crippen molar-refractivity contribution in [2.24, 2.45) is 11.8 Å². The van der Waals surface area contributed by atoms with Crippen LogP contribution in [0.3, 0.4) is 0 Å². The molecule has 1 N–H and O–H groups in total. The van der Waals surface area contributed by atoms with E-state index < -0.39 is 0 Å². The summed E-state index contributed by atoms with van der Waals surface area (Å²) in [6.45, 7) is 13.1. The van der Waals surface area contributed by atoms with Gasteiger partial charge < -0.3 is 5.32 Å². The van der Waals surface area contributed by atoms with Crippen LogP contribution in [0.4, 0.5) is 0 Å². The summed E-state index contributed by atoms with van der Waals surface area (Å²) in [5, 5.41) is 4.09. The smallest absolute Gasteiger partial charge is 0.220 e. The fourth-order valence-electron chi connectivity index (χ4n) is 3.15. The van der Waals surface area contributed by atoms with Crippen molar-refractivity contribution < 1.29 is 4.79 Å². The van der Waals surface area contributed by atoms with Crippen LogP contribution in [0.2, 0.25) is 5.02 Å². The van der Waals surface area contributed by atoms with Gasteiger partial charge in [0.2, 0.25) is 5.91 Å². The van der Waals surface area contributed by atoms with Crippen molar-refractivity contribution in [3.8, 4) is 0 Å². The van der Waals surface area contributed by atoms with Crippen LogP contribution in [0.1, 0.15) is 72.8 Å². The lowest BCUT2D eigenvalue weighted by Crippen LogP contribution is -2.49. The Balaban J connectivity index is 3.05. The molecular formula is C21H34ClNO. The molecule has 0 saturated carbocycles. The molecule has 3 atom stereocenters. The van der Waals surface area contributed by atoms with E-state index in [9.17, 15) is 4.79 Å². The molecule has 136 valence electrons. The maximum absolute atomic E-state index is 12.5. The molecule has 3 heteroatoms. The molecule has 0 aliphatic carbocycles. The number of benzene rings is 1. The SMILES string of the molecule is CCC(C)CC(=O)NC(CC(C)C)C(C)(CC)c1ccc(Cl)cc1. The molecule has 1 rings (SSSR count). The summed E-state index contributed by atoms with van der Waals surface area (Å²) >= 11 is 6.06. The Bertz CT molecular complexity index is 511. The van der Waals surface area contributed by atoms with Gasteiger partial charge in [0.1, 0.15) is 0 Å². The molecule has 0 aromatic heterocycles. The van der Waals surface area contributed by atoms with Crippen molar-refractivity contribution in [3.63, 3.8) is 0 Å². The molecule has 0 spiro atoms. The third-order valence-corrected chi connectivity index (χ3v) is 5.53. The Morgan fingerprint density at radius 1 is 1.17 bits per heavy atom. The highest BCUT2D eigenvalue weighted by molar-refractivity contribution is 6.30. The van der Waals surface area contributed by atoms with Crippen LogP contribution in [0, 0.1) is 11.8 Å². The highest BCUT2D eigenvalue weighted by Gasteiger charge is 2.35. The first-order chi connectivity index (χ1) is 11.2. The van der Waals surface area contributed by atoms with E-state index in [1.807, 2.05) is 12.1 Å². The van der Waals surface area contributed by atoms with E-state index in [0.29, 0.717) is 18.3 Å². The Morgan fingerprint density at radius 2 is 1.75 bits per heavy atom. The van der Waals surface area contributed by atoms with E-state index in [0.717, 1.165) is 24.3 Å². The molecule has 0 radical (unpaired) electrons. The molecule has 0 fully saturated rings. The molecule has 0 aliphatic rings. The number of nitrogens with one attached hydrogen (secondary N) is 1. The van der Waals surface area contributed by atoms with Crippen molar-refractivity contribution in [1.29, 1.82) is 0 Å². The zero-order valence-electron chi connectivity index (χ0n) is 16.2. The number of carbonyl (C=O) groups excluding carboxylic acids is 1. The predicted molar refractivity (Wildman–Crippen MR) is 105 cm³/mol. The van der Waals surface area contributed by atoms with Crippen LogP contribution in [0.25, 0.3) is 0 Å². The zero-order valence-corrected chi connectivity index (χ0v) is 16.9. The number of rotatable bonds is 9. The van der Waals surface area contributed by atoms with E-state index >= 15 is 0 Å². The summed E-state index contributed by atoms with van der Waals surface area (Å²) in [6, 6.07) is 8.20. The fraction of sp³-hybridized carbons (Fsp3) is 0.667. The average molecular weight is 352 g/mol. The van der Waals surface area contributed by atoms with Gasteiger partial charge >= 0.3 is 0 Å². The Labute approximate surface area is 153 Å². The van der Waals surface area contributed by atoms with Crippen molar-refractivity contribution in [2.45, 2.75) is 78.7 Å². The summed E-state index contributed by atoms with van der Waals surface area (Å²) in [6.07, 6.45) is 3.57. The molecule has 3 unspecified atom stereocenters. The molecule has 1 aromatic rings. The molecule has 2 nitrogen and oxygen atoms in total. The second-order valence-corrected chi connectivity index (χ2v) is 8.18. The van der Waals surface area contributed by atoms with E-state index in [1.165, 1.54) is 5.56 Å². The third kappa shape index (κ3) is 5.81.